The summed E-state index contributed by atoms with van der Waals surface area (Å²) >= 11 is 0. The summed E-state index contributed by atoms with van der Waals surface area (Å²) in [5.74, 6) is 1.86. The first-order valence-corrected chi connectivity index (χ1v) is 10.7. The zero-order valence-corrected chi connectivity index (χ0v) is 17.0. The lowest BCUT2D eigenvalue weighted by molar-refractivity contribution is -0.123. The van der Waals surface area contributed by atoms with Crippen molar-refractivity contribution in [2.45, 2.75) is 84.0 Å². The maximum absolute atomic E-state index is 12.2. The van der Waals surface area contributed by atoms with E-state index in [1.165, 1.54) is 37.7 Å². The van der Waals surface area contributed by atoms with Crippen molar-refractivity contribution in [2.75, 3.05) is 6.54 Å². The fourth-order valence-corrected chi connectivity index (χ4v) is 5.96. The number of carbonyl (C=O) groups excluding carboxylic acids is 1. The van der Waals surface area contributed by atoms with Crippen LogP contribution >= 0.6 is 0 Å². The van der Waals surface area contributed by atoms with E-state index in [-0.39, 0.29) is 10.8 Å². The Kier molecular flexibility index (Phi) is 4.44. The van der Waals surface area contributed by atoms with Gasteiger partial charge in [-0.05, 0) is 77.9 Å². The summed E-state index contributed by atoms with van der Waals surface area (Å²) in [6, 6.07) is 7.25. The summed E-state index contributed by atoms with van der Waals surface area (Å²) < 4.78 is 0. The largest absolute Gasteiger partial charge is 0.355 e. The van der Waals surface area contributed by atoms with Crippen LogP contribution in [0.15, 0.2) is 18.2 Å². The van der Waals surface area contributed by atoms with Crippen LogP contribution < -0.4 is 5.32 Å². The highest BCUT2D eigenvalue weighted by atomic mass is 16.2. The Balaban J connectivity index is 1.62. The van der Waals surface area contributed by atoms with E-state index in [2.05, 4.69) is 51.2 Å². The number of benzene rings is 1. The van der Waals surface area contributed by atoms with E-state index in [0.29, 0.717) is 23.7 Å². The molecule has 142 valence electrons. The fourth-order valence-electron chi connectivity index (χ4n) is 5.96. The molecule has 4 rings (SSSR count). The zero-order chi connectivity index (χ0) is 18.5. The average Bonchev–Trinajstić information content (AvgIpc) is 3.44. The molecule has 1 amide bonds. The summed E-state index contributed by atoms with van der Waals surface area (Å²) in [6.07, 6.45) is 8.45. The molecule has 2 fully saturated rings. The minimum Gasteiger partial charge on any atom is -0.355 e. The summed E-state index contributed by atoms with van der Waals surface area (Å²) in [7, 11) is 0. The summed E-state index contributed by atoms with van der Waals surface area (Å²) in [5.41, 5.74) is 5.14. The molecule has 0 unspecified atom stereocenters. The number of hydrogen-bond donors (Lipinski definition) is 1. The van der Waals surface area contributed by atoms with Crippen LogP contribution in [0.25, 0.3) is 0 Å². The van der Waals surface area contributed by atoms with Gasteiger partial charge in [-0.1, -0.05) is 52.3 Å². The molecule has 26 heavy (non-hydrogen) atoms. The van der Waals surface area contributed by atoms with Crippen LogP contribution in [0.2, 0.25) is 0 Å². The highest BCUT2D eigenvalue weighted by Crippen LogP contribution is 2.57. The second kappa shape index (κ2) is 6.39. The highest BCUT2D eigenvalue weighted by molar-refractivity contribution is 5.80. The first-order valence-electron chi connectivity index (χ1n) is 10.7. The van der Waals surface area contributed by atoms with Gasteiger partial charge in [-0.25, -0.2) is 0 Å². The van der Waals surface area contributed by atoms with Crippen LogP contribution in [0.5, 0.6) is 0 Å². The highest BCUT2D eigenvalue weighted by Gasteiger charge is 2.51. The predicted octanol–water partition coefficient (Wildman–Crippen LogP) is 5.35. The van der Waals surface area contributed by atoms with Gasteiger partial charge in [-0.15, -0.1) is 0 Å². The first kappa shape index (κ1) is 18.1. The average molecular weight is 354 g/mol. The van der Waals surface area contributed by atoms with Gasteiger partial charge < -0.3 is 5.32 Å². The van der Waals surface area contributed by atoms with Crippen molar-refractivity contribution in [1.29, 1.82) is 0 Å². The number of amides is 1. The van der Waals surface area contributed by atoms with Crippen LogP contribution in [0, 0.1) is 17.3 Å². The van der Waals surface area contributed by atoms with Crippen molar-refractivity contribution in [2.24, 2.45) is 17.3 Å². The molecule has 0 aromatic heterocycles. The minimum absolute atomic E-state index is 0.225. The van der Waals surface area contributed by atoms with E-state index in [0.717, 1.165) is 19.4 Å². The Bertz CT molecular complexity index is 704. The van der Waals surface area contributed by atoms with E-state index < -0.39 is 0 Å². The first-order chi connectivity index (χ1) is 12.3. The number of carbonyl (C=O) groups is 1. The number of nitrogens with one attached hydrogen (secondary N) is 1. The normalized spacial score (nSPS) is 33.5. The van der Waals surface area contributed by atoms with Crippen molar-refractivity contribution in [3.8, 4) is 0 Å². The van der Waals surface area contributed by atoms with E-state index >= 15 is 0 Å². The monoisotopic (exact) mass is 353 g/mol. The van der Waals surface area contributed by atoms with Crippen LogP contribution in [0.4, 0.5) is 0 Å². The second-order valence-electron chi connectivity index (χ2n) is 10.1. The Labute approximate surface area is 159 Å². The second-order valence-corrected chi connectivity index (χ2v) is 10.1. The molecule has 2 saturated carbocycles. The van der Waals surface area contributed by atoms with Gasteiger partial charge in [0, 0.05) is 12.5 Å². The quantitative estimate of drug-likeness (QED) is 0.777. The smallest absolute Gasteiger partial charge is 0.223 e. The topological polar surface area (TPSA) is 29.1 Å². The molecule has 1 aromatic carbocycles. The predicted molar refractivity (Wildman–Crippen MR) is 107 cm³/mol. The van der Waals surface area contributed by atoms with Gasteiger partial charge in [0.2, 0.25) is 5.91 Å². The van der Waals surface area contributed by atoms with Gasteiger partial charge in [0.25, 0.3) is 0 Å². The Morgan fingerprint density at radius 2 is 1.96 bits per heavy atom. The van der Waals surface area contributed by atoms with Gasteiger partial charge in [0.15, 0.2) is 0 Å². The van der Waals surface area contributed by atoms with E-state index in [4.69, 9.17) is 0 Å². The number of rotatable bonds is 4. The van der Waals surface area contributed by atoms with Gasteiger partial charge in [0.05, 0.1) is 0 Å². The lowest BCUT2D eigenvalue weighted by Crippen LogP contribution is -2.53. The SMILES string of the molecule is CC(C)c1ccc2c(c1)[C@]1(C)CCC[C@](C)(CNC(=O)C3CC3)[C@H]1CC2. The van der Waals surface area contributed by atoms with Crippen LogP contribution in [-0.4, -0.2) is 12.5 Å². The molecular weight excluding hydrogens is 318 g/mol. The van der Waals surface area contributed by atoms with E-state index in [1.807, 2.05) is 0 Å². The molecule has 0 saturated heterocycles. The fraction of sp³-hybridized carbons (Fsp3) is 0.708. The Hall–Kier alpha value is -1.31. The molecule has 1 N–H and O–H groups in total. The summed E-state index contributed by atoms with van der Waals surface area (Å²) in [5, 5.41) is 3.32. The van der Waals surface area contributed by atoms with Crippen LogP contribution in [0.3, 0.4) is 0 Å². The molecule has 0 radical (unpaired) electrons. The maximum atomic E-state index is 12.2. The standard InChI is InChI=1S/C24H35NO/c1-16(2)19-9-6-17-10-11-21-23(3,15-25-22(26)18-7-8-18)12-5-13-24(21,4)20(17)14-19/h6,9,14,16,18,21H,5,7-8,10-13,15H2,1-4H3,(H,25,26)/t21-,23-,24+/m1/s1. The number of hydrogen-bond acceptors (Lipinski definition) is 1. The third-order valence-electron chi connectivity index (χ3n) is 7.79. The molecular formula is C24H35NO. The summed E-state index contributed by atoms with van der Waals surface area (Å²) in [6.45, 7) is 10.4. The van der Waals surface area contributed by atoms with Gasteiger partial charge in [0.1, 0.15) is 0 Å². The van der Waals surface area contributed by atoms with Crippen molar-refractivity contribution < 1.29 is 4.79 Å². The van der Waals surface area contributed by atoms with Crippen LogP contribution in [0.1, 0.15) is 88.8 Å². The Morgan fingerprint density at radius 3 is 2.65 bits per heavy atom. The zero-order valence-electron chi connectivity index (χ0n) is 17.0. The lowest BCUT2D eigenvalue weighted by atomic mass is 9.49. The Morgan fingerprint density at radius 1 is 1.19 bits per heavy atom. The number of fused-ring (bicyclic) bond motifs is 3. The molecule has 0 bridgehead atoms. The molecule has 1 aromatic rings. The van der Waals surface area contributed by atoms with Crippen molar-refractivity contribution in [1.82, 2.24) is 5.32 Å². The molecule has 2 nitrogen and oxygen atoms in total. The minimum atomic E-state index is 0.225. The van der Waals surface area contributed by atoms with E-state index in [9.17, 15) is 4.79 Å². The van der Waals surface area contributed by atoms with Gasteiger partial charge in [-0.2, -0.15) is 0 Å². The third kappa shape index (κ3) is 3.00. The van der Waals surface area contributed by atoms with Crippen molar-refractivity contribution >= 4 is 5.91 Å². The number of aryl methyl sites for hydroxylation is 1. The van der Waals surface area contributed by atoms with Crippen LogP contribution in [-0.2, 0) is 16.6 Å². The van der Waals surface area contributed by atoms with Crippen molar-refractivity contribution in [3.05, 3.63) is 34.9 Å². The molecule has 3 aliphatic rings. The summed E-state index contributed by atoms with van der Waals surface area (Å²) in [4.78, 5) is 12.2. The molecule has 0 aliphatic heterocycles. The third-order valence-corrected chi connectivity index (χ3v) is 7.79. The molecule has 0 spiro atoms. The molecule has 0 heterocycles. The van der Waals surface area contributed by atoms with Gasteiger partial charge >= 0.3 is 0 Å². The lowest BCUT2D eigenvalue weighted by Gasteiger charge is -2.55. The molecule has 3 atom stereocenters. The van der Waals surface area contributed by atoms with Gasteiger partial charge in [-0.3, -0.25) is 4.79 Å². The van der Waals surface area contributed by atoms with Crippen molar-refractivity contribution in [3.63, 3.8) is 0 Å². The van der Waals surface area contributed by atoms with E-state index in [1.54, 1.807) is 11.1 Å². The maximum Gasteiger partial charge on any atom is 0.223 e. The molecule has 2 heteroatoms. The molecule has 3 aliphatic carbocycles.